The van der Waals surface area contributed by atoms with Gasteiger partial charge in [0, 0.05) is 39.3 Å². The number of rotatable bonds is 5. The molecule has 2 aliphatic heterocycles. The Morgan fingerprint density at radius 2 is 1.71 bits per heavy atom. The van der Waals surface area contributed by atoms with E-state index in [0.29, 0.717) is 43.5 Å². The summed E-state index contributed by atoms with van der Waals surface area (Å²) in [5.41, 5.74) is 0.505. The monoisotopic (exact) mass is 429 g/mol. The van der Waals surface area contributed by atoms with Crippen molar-refractivity contribution in [2.45, 2.75) is 18.9 Å². The molecule has 1 aromatic carbocycles. The van der Waals surface area contributed by atoms with Gasteiger partial charge >= 0.3 is 5.69 Å². The molecule has 0 bridgehead atoms. The topological polar surface area (TPSA) is 81.9 Å². The summed E-state index contributed by atoms with van der Waals surface area (Å²) in [5.74, 6) is 0.440. The summed E-state index contributed by atoms with van der Waals surface area (Å²) >= 11 is 0. The van der Waals surface area contributed by atoms with E-state index in [1.807, 2.05) is 27.8 Å². The van der Waals surface area contributed by atoms with Crippen molar-refractivity contribution in [1.82, 2.24) is 14.9 Å². The molecule has 0 saturated carbocycles. The van der Waals surface area contributed by atoms with Crippen LogP contribution in [0.1, 0.15) is 12.8 Å². The van der Waals surface area contributed by atoms with E-state index in [-0.39, 0.29) is 22.5 Å². The Hall–Kier alpha value is -3.01. The van der Waals surface area contributed by atoms with Gasteiger partial charge in [-0.2, -0.15) is 0 Å². The number of anilines is 3. The zero-order valence-electron chi connectivity index (χ0n) is 17.9. The van der Waals surface area contributed by atoms with Crippen molar-refractivity contribution in [3.8, 4) is 0 Å². The minimum Gasteiger partial charge on any atom is -0.366 e. The predicted octanol–water partition coefficient (Wildman–Crippen LogP) is 2.38. The molecule has 166 valence electrons. The van der Waals surface area contributed by atoms with Gasteiger partial charge in [0.2, 0.25) is 11.6 Å². The number of hydrogen-bond donors (Lipinski definition) is 0. The number of nitrogens with zero attached hydrogens (tertiary/aromatic N) is 7. The molecule has 0 aliphatic carbocycles. The lowest BCUT2D eigenvalue weighted by Crippen LogP contribution is -2.47. The first-order valence-corrected chi connectivity index (χ1v) is 10.6. The van der Waals surface area contributed by atoms with Crippen LogP contribution in [-0.2, 0) is 0 Å². The van der Waals surface area contributed by atoms with Crippen LogP contribution in [0.2, 0.25) is 0 Å². The number of halogens is 1. The van der Waals surface area contributed by atoms with Crippen molar-refractivity contribution in [3.63, 3.8) is 0 Å². The number of hydrogen-bond acceptors (Lipinski definition) is 8. The summed E-state index contributed by atoms with van der Waals surface area (Å²) in [7, 11) is 3.97. The second kappa shape index (κ2) is 9.01. The molecule has 2 aliphatic rings. The summed E-state index contributed by atoms with van der Waals surface area (Å²) in [6, 6.07) is 6.89. The lowest BCUT2D eigenvalue weighted by atomic mass is 10.0. The lowest BCUT2D eigenvalue weighted by molar-refractivity contribution is -0.383. The minimum atomic E-state index is -0.376. The molecule has 0 unspecified atom stereocenters. The molecule has 2 aromatic rings. The first-order valence-electron chi connectivity index (χ1n) is 10.6. The Morgan fingerprint density at radius 1 is 1.06 bits per heavy atom. The molecule has 2 saturated heterocycles. The van der Waals surface area contributed by atoms with Gasteiger partial charge in [-0.1, -0.05) is 12.1 Å². The fourth-order valence-corrected chi connectivity index (χ4v) is 4.44. The van der Waals surface area contributed by atoms with Crippen LogP contribution in [0.4, 0.5) is 27.4 Å². The number of piperidine rings is 1. The molecule has 31 heavy (non-hydrogen) atoms. The first kappa shape index (κ1) is 21.2. The maximum absolute atomic E-state index is 14.1. The van der Waals surface area contributed by atoms with Crippen molar-refractivity contribution in [2.24, 2.45) is 0 Å². The van der Waals surface area contributed by atoms with Gasteiger partial charge in [-0.25, -0.2) is 14.4 Å². The number of para-hydroxylation sites is 1. The van der Waals surface area contributed by atoms with E-state index in [1.54, 1.807) is 12.1 Å². The smallest absolute Gasteiger partial charge is 0.353 e. The highest BCUT2D eigenvalue weighted by Crippen LogP contribution is 2.36. The Bertz CT molecular complexity index is 928. The molecule has 2 fully saturated rings. The zero-order chi connectivity index (χ0) is 22.0. The summed E-state index contributed by atoms with van der Waals surface area (Å²) in [5, 5.41) is 12.1. The van der Waals surface area contributed by atoms with Crippen LogP contribution < -0.4 is 14.7 Å². The number of nitro groups is 1. The van der Waals surface area contributed by atoms with E-state index >= 15 is 0 Å². The van der Waals surface area contributed by atoms with Gasteiger partial charge in [0.25, 0.3) is 0 Å². The van der Waals surface area contributed by atoms with E-state index < -0.39 is 0 Å². The largest absolute Gasteiger partial charge is 0.366 e. The third-order valence-corrected chi connectivity index (χ3v) is 6.31. The summed E-state index contributed by atoms with van der Waals surface area (Å²) < 4.78 is 14.1. The minimum absolute atomic E-state index is 0.0525. The Balaban J connectivity index is 1.54. The number of aromatic nitrogens is 2. The van der Waals surface area contributed by atoms with Crippen LogP contribution in [0.25, 0.3) is 0 Å². The number of benzene rings is 1. The van der Waals surface area contributed by atoms with E-state index in [9.17, 15) is 14.5 Å². The van der Waals surface area contributed by atoms with Crippen LogP contribution >= 0.6 is 0 Å². The van der Waals surface area contributed by atoms with Gasteiger partial charge in [0.1, 0.15) is 12.1 Å². The Morgan fingerprint density at radius 3 is 2.35 bits per heavy atom. The third-order valence-electron chi connectivity index (χ3n) is 6.31. The average molecular weight is 430 g/mol. The molecular formula is C21H28FN7O2. The quantitative estimate of drug-likeness (QED) is 0.529. The van der Waals surface area contributed by atoms with E-state index in [4.69, 9.17) is 0 Å². The molecule has 0 atom stereocenters. The fraction of sp³-hybridized carbons (Fsp3) is 0.524. The van der Waals surface area contributed by atoms with Crippen molar-refractivity contribution < 1.29 is 9.31 Å². The first-order chi connectivity index (χ1) is 15.0. The van der Waals surface area contributed by atoms with Crippen LogP contribution in [0.3, 0.4) is 0 Å². The summed E-state index contributed by atoms with van der Waals surface area (Å²) in [6.07, 6.45) is 3.28. The van der Waals surface area contributed by atoms with Crippen molar-refractivity contribution in [2.75, 3.05) is 68.1 Å². The molecule has 0 spiro atoms. The molecule has 0 amide bonds. The van der Waals surface area contributed by atoms with Crippen molar-refractivity contribution >= 4 is 23.0 Å². The maximum atomic E-state index is 14.1. The SMILES string of the molecule is CN1CCC(N(C)c2ncnc(N3CCN(c4ccccc4F)CC3)c2[N+](=O)[O-])CC1. The van der Waals surface area contributed by atoms with Gasteiger partial charge in [-0.3, -0.25) is 10.1 Å². The van der Waals surface area contributed by atoms with Gasteiger partial charge in [-0.15, -0.1) is 0 Å². The van der Waals surface area contributed by atoms with Gasteiger partial charge in [-0.05, 0) is 45.1 Å². The van der Waals surface area contributed by atoms with Gasteiger partial charge < -0.3 is 19.6 Å². The molecule has 1 aromatic heterocycles. The molecule has 0 N–H and O–H groups in total. The standard InChI is InChI=1S/C21H28FN7O2/c1-25-9-7-16(8-10-25)26(2)20-19(29(30)31)21(24-15-23-20)28-13-11-27(12-14-28)18-6-4-3-5-17(18)22/h3-6,15-16H,7-14H2,1-2H3. The predicted molar refractivity (Wildman–Crippen MR) is 118 cm³/mol. The average Bonchev–Trinajstić information content (AvgIpc) is 2.79. The fourth-order valence-electron chi connectivity index (χ4n) is 4.44. The van der Waals surface area contributed by atoms with Crippen molar-refractivity contribution in [1.29, 1.82) is 0 Å². The zero-order valence-corrected chi connectivity index (χ0v) is 17.9. The molecule has 10 heteroatoms. The van der Waals surface area contributed by atoms with Crippen LogP contribution in [0.15, 0.2) is 30.6 Å². The lowest BCUT2D eigenvalue weighted by Gasteiger charge is -2.37. The van der Waals surface area contributed by atoms with Crippen molar-refractivity contribution in [3.05, 3.63) is 46.5 Å². The Kier molecular flexibility index (Phi) is 6.17. The molecule has 9 nitrogen and oxygen atoms in total. The molecule has 0 radical (unpaired) electrons. The van der Waals surface area contributed by atoms with Gasteiger partial charge in [0.05, 0.1) is 10.6 Å². The molecule has 3 heterocycles. The number of likely N-dealkylation sites (tertiary alicyclic amines) is 1. The van der Waals surface area contributed by atoms with E-state index in [0.717, 1.165) is 25.9 Å². The van der Waals surface area contributed by atoms with E-state index in [1.165, 1.54) is 12.4 Å². The highest BCUT2D eigenvalue weighted by atomic mass is 19.1. The molecular weight excluding hydrogens is 401 g/mol. The third kappa shape index (κ3) is 4.39. The van der Waals surface area contributed by atoms with E-state index in [2.05, 4.69) is 21.9 Å². The maximum Gasteiger partial charge on any atom is 0.353 e. The highest BCUT2D eigenvalue weighted by molar-refractivity contribution is 5.71. The Labute approximate surface area is 181 Å². The van der Waals surface area contributed by atoms with Crippen LogP contribution in [0.5, 0.6) is 0 Å². The van der Waals surface area contributed by atoms with Gasteiger partial charge in [0.15, 0.2) is 0 Å². The van der Waals surface area contributed by atoms with Crippen LogP contribution in [0, 0.1) is 15.9 Å². The summed E-state index contributed by atoms with van der Waals surface area (Å²) in [6.45, 7) is 4.06. The normalized spacial score (nSPS) is 18.3. The second-order valence-corrected chi connectivity index (χ2v) is 8.20. The highest BCUT2D eigenvalue weighted by Gasteiger charge is 2.33. The summed E-state index contributed by atoms with van der Waals surface area (Å²) in [4.78, 5) is 28.3. The number of piperazine rings is 1. The molecule has 4 rings (SSSR count). The van der Waals surface area contributed by atoms with Crippen LogP contribution in [-0.4, -0.2) is 79.2 Å². The second-order valence-electron chi connectivity index (χ2n) is 8.20.